The fourth-order valence-electron chi connectivity index (χ4n) is 4.69. The molecule has 9 nitrogen and oxygen atoms in total. The number of rotatable bonds is 3. The number of amides is 1. The third-order valence-electron chi connectivity index (χ3n) is 5.97. The van der Waals surface area contributed by atoms with Gasteiger partial charge in [0.05, 0.1) is 28.6 Å². The van der Waals surface area contributed by atoms with Crippen LogP contribution in [-0.2, 0) is 26.9 Å². The summed E-state index contributed by atoms with van der Waals surface area (Å²) in [6, 6.07) is 1.83. The van der Waals surface area contributed by atoms with Crippen molar-refractivity contribution in [3.8, 4) is 23.5 Å². The Balaban J connectivity index is 1.82. The Morgan fingerprint density at radius 1 is 1.36 bits per heavy atom. The Morgan fingerprint density at radius 2 is 2.00 bits per heavy atom. The standard InChI is InChI=1S/C21H21F3N4O5/c1-9(2)27-18(31)32-13-6-19(3)14-15(20(13,4)33-19)17(30)28(16(14)29)10-5-11(21(22,23)24)12(7-25)26-8-10/h5,8-9,13,29-30H,6H2,1-4H3,(H,27,31)/t13-,19-,20+/m1/s1. The van der Waals surface area contributed by atoms with Gasteiger partial charge in [-0.3, -0.25) is 0 Å². The molecule has 0 aliphatic carbocycles. The van der Waals surface area contributed by atoms with Crippen molar-refractivity contribution in [1.82, 2.24) is 14.9 Å². The highest BCUT2D eigenvalue weighted by molar-refractivity contribution is 5.69. The van der Waals surface area contributed by atoms with E-state index in [2.05, 4.69) is 10.3 Å². The van der Waals surface area contributed by atoms with Crippen molar-refractivity contribution in [2.45, 2.75) is 63.6 Å². The molecule has 3 N–H and O–H groups in total. The molecule has 2 aromatic rings. The monoisotopic (exact) mass is 466 g/mol. The summed E-state index contributed by atoms with van der Waals surface area (Å²) < 4.78 is 52.6. The van der Waals surface area contributed by atoms with E-state index < -0.39 is 52.6 Å². The third kappa shape index (κ3) is 3.26. The van der Waals surface area contributed by atoms with E-state index in [1.54, 1.807) is 27.7 Å². The van der Waals surface area contributed by atoms with Crippen molar-refractivity contribution < 1.29 is 37.7 Å². The van der Waals surface area contributed by atoms with Crippen LogP contribution in [0.25, 0.3) is 5.69 Å². The lowest BCUT2D eigenvalue weighted by atomic mass is 9.78. The molecule has 1 amide bonds. The first-order chi connectivity index (χ1) is 15.2. The highest BCUT2D eigenvalue weighted by atomic mass is 19.4. The number of alkyl carbamates (subject to hydrolysis) is 1. The Labute approximate surface area is 186 Å². The zero-order valence-electron chi connectivity index (χ0n) is 18.1. The molecule has 0 spiro atoms. The predicted octanol–water partition coefficient (Wildman–Crippen LogP) is 3.54. The van der Waals surface area contributed by atoms with E-state index in [4.69, 9.17) is 14.7 Å². The summed E-state index contributed by atoms with van der Waals surface area (Å²) in [5.74, 6) is -1.11. The van der Waals surface area contributed by atoms with Crippen LogP contribution in [0.15, 0.2) is 12.3 Å². The van der Waals surface area contributed by atoms with Gasteiger partial charge in [0.2, 0.25) is 11.8 Å². The SMILES string of the molecule is CC(C)NC(=O)O[C@@H]1C[C@@]2(C)O[C@]1(C)c1c2c(O)n(-c2cnc(C#N)c(C(F)(F)F)c2)c1O. The average molecular weight is 466 g/mol. The number of fused-ring (bicyclic) bond motifs is 5. The van der Waals surface area contributed by atoms with E-state index >= 15 is 0 Å². The maximum Gasteiger partial charge on any atom is 0.419 e. The number of carbonyl (C=O) groups excluding carboxylic acids is 1. The van der Waals surface area contributed by atoms with Crippen LogP contribution >= 0.6 is 0 Å². The molecular weight excluding hydrogens is 445 g/mol. The number of pyridine rings is 1. The lowest BCUT2D eigenvalue weighted by molar-refractivity contribution is -0.138. The molecule has 2 bridgehead atoms. The van der Waals surface area contributed by atoms with Crippen molar-refractivity contribution in [3.63, 3.8) is 0 Å². The number of hydrogen-bond acceptors (Lipinski definition) is 7. The smallest absolute Gasteiger partial charge is 0.419 e. The summed E-state index contributed by atoms with van der Waals surface area (Å²) in [4.78, 5) is 15.7. The van der Waals surface area contributed by atoms with Crippen LogP contribution in [0, 0.1) is 11.3 Å². The van der Waals surface area contributed by atoms with E-state index in [0.29, 0.717) is 6.07 Å². The fourth-order valence-corrected chi connectivity index (χ4v) is 4.69. The molecule has 2 aliphatic rings. The zero-order chi connectivity index (χ0) is 24.5. The number of carbonyl (C=O) groups is 1. The summed E-state index contributed by atoms with van der Waals surface area (Å²) in [7, 11) is 0. The van der Waals surface area contributed by atoms with Crippen molar-refractivity contribution in [2.24, 2.45) is 0 Å². The molecule has 12 heteroatoms. The number of aromatic hydroxyl groups is 2. The second kappa shape index (κ2) is 7.02. The number of nitrogens with one attached hydrogen (secondary N) is 1. The van der Waals surface area contributed by atoms with Crippen molar-refractivity contribution >= 4 is 6.09 Å². The number of ether oxygens (including phenoxy) is 2. The Morgan fingerprint density at radius 3 is 2.58 bits per heavy atom. The largest absolute Gasteiger partial charge is 0.494 e. The fraction of sp³-hybridized carbons (Fsp3) is 0.476. The summed E-state index contributed by atoms with van der Waals surface area (Å²) in [5, 5.41) is 33.5. The van der Waals surface area contributed by atoms with E-state index in [0.717, 1.165) is 10.8 Å². The number of halogens is 3. The van der Waals surface area contributed by atoms with Gasteiger partial charge in [-0.05, 0) is 33.8 Å². The molecule has 0 saturated carbocycles. The summed E-state index contributed by atoms with van der Waals surface area (Å²) in [6.07, 6.45) is -5.30. The first kappa shape index (κ1) is 22.7. The number of nitrogens with zero attached hydrogens (tertiary/aromatic N) is 3. The van der Waals surface area contributed by atoms with Gasteiger partial charge in [0.1, 0.15) is 23.4 Å². The van der Waals surface area contributed by atoms with Gasteiger partial charge < -0.3 is 25.0 Å². The molecule has 1 saturated heterocycles. The van der Waals surface area contributed by atoms with Crippen LogP contribution in [0.1, 0.15) is 56.5 Å². The third-order valence-corrected chi connectivity index (χ3v) is 5.97. The molecule has 176 valence electrons. The molecule has 4 heterocycles. The van der Waals surface area contributed by atoms with Crippen LogP contribution in [0.5, 0.6) is 11.8 Å². The van der Waals surface area contributed by atoms with Gasteiger partial charge >= 0.3 is 12.3 Å². The summed E-state index contributed by atoms with van der Waals surface area (Å²) in [6.45, 7) is 6.70. The van der Waals surface area contributed by atoms with Crippen LogP contribution in [0.2, 0.25) is 0 Å². The summed E-state index contributed by atoms with van der Waals surface area (Å²) in [5.41, 5.74) is -4.69. The molecule has 0 aromatic carbocycles. The van der Waals surface area contributed by atoms with Crippen molar-refractivity contribution in [1.29, 1.82) is 5.26 Å². The van der Waals surface area contributed by atoms with Gasteiger partial charge in [-0.15, -0.1) is 0 Å². The number of aromatic nitrogens is 2. The van der Waals surface area contributed by atoms with Gasteiger partial charge in [0.15, 0.2) is 5.69 Å². The van der Waals surface area contributed by atoms with Gasteiger partial charge in [0, 0.05) is 12.5 Å². The van der Waals surface area contributed by atoms with Crippen molar-refractivity contribution in [3.05, 3.63) is 34.6 Å². The Bertz CT molecular complexity index is 1200. The maximum atomic E-state index is 13.4. The van der Waals surface area contributed by atoms with E-state index in [9.17, 15) is 28.2 Å². The minimum atomic E-state index is -4.88. The highest BCUT2D eigenvalue weighted by Crippen LogP contribution is 2.65. The topological polar surface area (TPSA) is 130 Å². The van der Waals surface area contributed by atoms with E-state index in [1.165, 1.54) is 6.07 Å². The molecule has 0 unspecified atom stereocenters. The molecule has 33 heavy (non-hydrogen) atoms. The van der Waals surface area contributed by atoms with Crippen LogP contribution in [0.3, 0.4) is 0 Å². The highest BCUT2D eigenvalue weighted by Gasteiger charge is 2.66. The van der Waals surface area contributed by atoms with Gasteiger partial charge in [-0.1, -0.05) is 0 Å². The Hall–Kier alpha value is -3.46. The molecule has 3 atom stereocenters. The average Bonchev–Trinajstić information content (AvgIpc) is 3.21. The van der Waals surface area contributed by atoms with E-state index in [1.807, 2.05) is 0 Å². The Kier molecular flexibility index (Phi) is 4.83. The van der Waals surface area contributed by atoms with Gasteiger partial charge in [-0.2, -0.15) is 18.4 Å². The van der Waals surface area contributed by atoms with E-state index in [-0.39, 0.29) is 29.3 Å². The van der Waals surface area contributed by atoms with Crippen LogP contribution in [-0.4, -0.2) is 38.0 Å². The zero-order valence-corrected chi connectivity index (χ0v) is 18.1. The lowest BCUT2D eigenvalue weighted by Gasteiger charge is -2.29. The number of nitriles is 1. The second-order valence-electron chi connectivity index (χ2n) is 8.77. The molecule has 4 rings (SSSR count). The van der Waals surface area contributed by atoms with Gasteiger partial charge in [-0.25, -0.2) is 14.3 Å². The van der Waals surface area contributed by atoms with Gasteiger partial charge in [0.25, 0.3) is 0 Å². The quantitative estimate of drug-likeness (QED) is 0.631. The second-order valence-corrected chi connectivity index (χ2v) is 8.77. The summed E-state index contributed by atoms with van der Waals surface area (Å²) >= 11 is 0. The van der Waals surface area contributed by atoms with Crippen LogP contribution < -0.4 is 5.32 Å². The minimum absolute atomic E-state index is 0.106. The maximum absolute atomic E-state index is 13.4. The number of alkyl halides is 3. The molecule has 1 fully saturated rings. The predicted molar refractivity (Wildman–Crippen MR) is 106 cm³/mol. The number of hydrogen-bond donors (Lipinski definition) is 3. The first-order valence-corrected chi connectivity index (χ1v) is 10.1. The molecular formula is C21H21F3N4O5. The normalized spacial score (nSPS) is 25.7. The van der Waals surface area contributed by atoms with Crippen LogP contribution in [0.4, 0.5) is 18.0 Å². The molecule has 2 aromatic heterocycles. The molecule has 0 radical (unpaired) electrons. The molecule has 2 aliphatic heterocycles. The lowest BCUT2D eigenvalue weighted by Crippen LogP contribution is -2.41. The van der Waals surface area contributed by atoms with Crippen molar-refractivity contribution in [2.75, 3.05) is 0 Å². The minimum Gasteiger partial charge on any atom is -0.494 e. The first-order valence-electron chi connectivity index (χ1n) is 10.1.